The lowest BCUT2D eigenvalue weighted by molar-refractivity contribution is -0.137. The molecule has 1 aromatic heterocycles. The van der Waals surface area contributed by atoms with E-state index in [-0.39, 0.29) is 22.2 Å². The number of carbonyl (C=O) groups excluding carboxylic acids is 3. The van der Waals surface area contributed by atoms with E-state index in [0.717, 1.165) is 17.7 Å². The van der Waals surface area contributed by atoms with Crippen molar-refractivity contribution in [2.45, 2.75) is 18.8 Å². The van der Waals surface area contributed by atoms with Crippen LogP contribution in [0.15, 0.2) is 127 Å². The maximum atomic E-state index is 13.7. The number of aromatic amines is 1. The second kappa shape index (κ2) is 14.3. The second-order valence-electron chi connectivity index (χ2n) is 11.6. The summed E-state index contributed by atoms with van der Waals surface area (Å²) in [4.78, 5) is 45.4. The molecule has 0 radical (unpaired) electrons. The molecule has 0 bridgehead atoms. The van der Waals surface area contributed by atoms with E-state index < -0.39 is 29.6 Å². The number of H-pyrrole nitrogens is 1. The van der Waals surface area contributed by atoms with Gasteiger partial charge in [-0.15, -0.1) is 0 Å². The Hall–Kier alpha value is -5.87. The summed E-state index contributed by atoms with van der Waals surface area (Å²) in [6.07, 6.45) is -4.48. The lowest BCUT2D eigenvalue weighted by Crippen LogP contribution is -2.41. The number of anilines is 1. The van der Waals surface area contributed by atoms with Crippen molar-refractivity contribution in [2.24, 2.45) is 0 Å². The number of carbonyl (C=O) groups is 3. The second-order valence-corrected chi connectivity index (χ2v) is 12.0. The molecule has 6 rings (SSSR count). The molecule has 50 heavy (non-hydrogen) atoms. The van der Waals surface area contributed by atoms with E-state index in [0.29, 0.717) is 39.8 Å². The van der Waals surface area contributed by atoms with E-state index >= 15 is 0 Å². The van der Waals surface area contributed by atoms with E-state index in [1.165, 1.54) is 12.1 Å². The minimum Gasteiger partial charge on any atom is -0.349 e. The van der Waals surface area contributed by atoms with Gasteiger partial charge in [-0.3, -0.25) is 14.4 Å². The van der Waals surface area contributed by atoms with Crippen LogP contribution in [0.4, 0.5) is 18.9 Å². The predicted molar refractivity (Wildman–Crippen MR) is 188 cm³/mol. The first kappa shape index (κ1) is 34.0. The molecule has 3 N–H and O–H groups in total. The third-order valence-electron chi connectivity index (χ3n) is 8.21. The van der Waals surface area contributed by atoms with Crippen LogP contribution >= 0.6 is 11.6 Å². The number of rotatable bonds is 9. The van der Waals surface area contributed by atoms with E-state index in [4.69, 9.17) is 11.6 Å². The van der Waals surface area contributed by atoms with Crippen molar-refractivity contribution in [3.05, 3.63) is 160 Å². The number of amides is 3. The van der Waals surface area contributed by atoms with Gasteiger partial charge in [-0.1, -0.05) is 103 Å². The molecule has 1 heterocycles. The summed E-state index contributed by atoms with van der Waals surface area (Å²) in [5.74, 6) is -1.41. The third kappa shape index (κ3) is 7.40. The lowest BCUT2D eigenvalue weighted by atomic mass is 9.98. The number of hydrogen-bond donors (Lipinski definition) is 3. The molecule has 0 saturated heterocycles. The number of hydrogen-bond acceptors (Lipinski definition) is 3. The number of aromatic nitrogens is 1. The van der Waals surface area contributed by atoms with Gasteiger partial charge in [0, 0.05) is 35.7 Å². The summed E-state index contributed by atoms with van der Waals surface area (Å²) < 4.78 is 39.3. The van der Waals surface area contributed by atoms with Crippen molar-refractivity contribution in [3.63, 3.8) is 0 Å². The smallest absolute Gasteiger partial charge is 0.349 e. The minimum atomic E-state index is -4.48. The summed E-state index contributed by atoms with van der Waals surface area (Å²) in [6, 6.07) is 33.5. The van der Waals surface area contributed by atoms with Crippen molar-refractivity contribution < 1.29 is 27.6 Å². The van der Waals surface area contributed by atoms with Gasteiger partial charge in [0.25, 0.3) is 11.8 Å². The van der Waals surface area contributed by atoms with Crippen LogP contribution in [0.25, 0.3) is 22.0 Å². The van der Waals surface area contributed by atoms with Crippen LogP contribution in [0, 0.1) is 0 Å². The van der Waals surface area contributed by atoms with E-state index in [2.05, 4.69) is 15.6 Å². The highest BCUT2D eigenvalue weighted by Gasteiger charge is 2.30. The first-order valence-electron chi connectivity index (χ1n) is 15.5. The minimum absolute atomic E-state index is 0.0391. The van der Waals surface area contributed by atoms with Gasteiger partial charge < -0.3 is 20.5 Å². The summed E-state index contributed by atoms with van der Waals surface area (Å²) in [6.45, 7) is 0.343. The Bertz CT molecular complexity index is 2170. The largest absolute Gasteiger partial charge is 0.416 e. The molecule has 6 aromatic rings. The van der Waals surface area contributed by atoms with Gasteiger partial charge in [0.1, 0.15) is 11.7 Å². The molecule has 3 amide bonds. The van der Waals surface area contributed by atoms with Gasteiger partial charge in [0.05, 0.1) is 10.6 Å². The summed E-state index contributed by atoms with van der Waals surface area (Å²) in [5, 5.41) is 6.21. The van der Waals surface area contributed by atoms with Crippen molar-refractivity contribution in [1.29, 1.82) is 0 Å². The Morgan fingerprint density at radius 1 is 0.800 bits per heavy atom. The molecule has 11 heteroatoms. The molecular formula is C39H30ClF3N4O3. The highest BCUT2D eigenvalue weighted by molar-refractivity contribution is 6.39. The Kier molecular flexibility index (Phi) is 9.74. The summed E-state index contributed by atoms with van der Waals surface area (Å²) in [5.41, 5.74) is 2.83. The normalized spacial score (nSPS) is 11.9. The third-order valence-corrected chi connectivity index (χ3v) is 8.60. The first-order valence-corrected chi connectivity index (χ1v) is 15.9. The predicted octanol–water partition coefficient (Wildman–Crippen LogP) is 8.89. The van der Waals surface area contributed by atoms with Crippen LogP contribution in [-0.2, 0) is 17.5 Å². The van der Waals surface area contributed by atoms with E-state index in [9.17, 15) is 27.6 Å². The first-order chi connectivity index (χ1) is 24.0. The number of alkyl halides is 3. The van der Waals surface area contributed by atoms with Gasteiger partial charge in [-0.05, 0) is 58.7 Å². The number of benzene rings is 5. The number of halogens is 4. The molecule has 1 atom stereocenters. The van der Waals surface area contributed by atoms with Gasteiger partial charge in [-0.2, -0.15) is 13.2 Å². The van der Waals surface area contributed by atoms with Crippen LogP contribution in [-0.4, -0.2) is 34.7 Å². The molecular weight excluding hydrogens is 665 g/mol. The molecule has 0 aliphatic heterocycles. The zero-order chi connectivity index (χ0) is 35.4. The maximum absolute atomic E-state index is 13.7. The average molecular weight is 695 g/mol. The van der Waals surface area contributed by atoms with E-state index in [1.807, 2.05) is 36.4 Å². The zero-order valence-electron chi connectivity index (χ0n) is 26.6. The Balaban J connectivity index is 1.22. The van der Waals surface area contributed by atoms with Gasteiger partial charge in [-0.25, -0.2) is 0 Å². The van der Waals surface area contributed by atoms with Gasteiger partial charge in [0.2, 0.25) is 5.91 Å². The van der Waals surface area contributed by atoms with Gasteiger partial charge in [0.15, 0.2) is 0 Å². The number of nitrogens with zero attached hydrogens (tertiary/aromatic N) is 1. The average Bonchev–Trinajstić information content (AvgIpc) is 3.46. The summed E-state index contributed by atoms with van der Waals surface area (Å²) >= 11 is 6.73. The maximum Gasteiger partial charge on any atom is 0.416 e. The fourth-order valence-electron chi connectivity index (χ4n) is 5.66. The fourth-order valence-corrected chi connectivity index (χ4v) is 5.94. The highest BCUT2D eigenvalue weighted by Crippen LogP contribution is 2.33. The molecule has 0 fully saturated rings. The van der Waals surface area contributed by atoms with Crippen LogP contribution in [0.1, 0.15) is 43.6 Å². The molecule has 0 aliphatic rings. The Morgan fingerprint density at radius 3 is 2.12 bits per heavy atom. The van der Waals surface area contributed by atoms with Crippen molar-refractivity contribution >= 4 is 45.9 Å². The molecule has 0 saturated carbocycles. The quantitative estimate of drug-likeness (QED) is 0.141. The molecule has 5 aromatic carbocycles. The number of likely N-dealkylation sites (N-methyl/N-ethyl adjacent to an activating group) is 1. The Morgan fingerprint density at radius 2 is 1.44 bits per heavy atom. The molecule has 1 unspecified atom stereocenters. The molecule has 7 nitrogen and oxygen atoms in total. The van der Waals surface area contributed by atoms with Crippen LogP contribution in [0.3, 0.4) is 0 Å². The highest BCUT2D eigenvalue weighted by atomic mass is 35.5. The van der Waals surface area contributed by atoms with Crippen LogP contribution < -0.4 is 10.6 Å². The molecule has 0 spiro atoms. The Labute approximate surface area is 290 Å². The van der Waals surface area contributed by atoms with E-state index in [1.54, 1.807) is 78.7 Å². The van der Waals surface area contributed by atoms with Crippen LogP contribution in [0.5, 0.6) is 0 Å². The molecule has 252 valence electrons. The van der Waals surface area contributed by atoms with Crippen molar-refractivity contribution in [3.8, 4) is 11.1 Å². The van der Waals surface area contributed by atoms with Gasteiger partial charge >= 0.3 is 6.18 Å². The number of nitrogens with one attached hydrogen (secondary N) is 3. The van der Waals surface area contributed by atoms with Crippen molar-refractivity contribution in [1.82, 2.24) is 15.2 Å². The topological polar surface area (TPSA) is 94.3 Å². The SMILES string of the molecule is CN(Cc1ccccc1)C(=O)C(NC(=O)c1[nH]c2ccc(NC(=O)c3ccccc3-c3ccc(C(F)(F)F)cc3)cc2c1Cl)c1ccccc1. The monoisotopic (exact) mass is 694 g/mol. The zero-order valence-corrected chi connectivity index (χ0v) is 27.3. The fraction of sp³-hybridized carbons (Fsp3) is 0.103. The van der Waals surface area contributed by atoms with Crippen molar-refractivity contribution in [2.75, 3.05) is 12.4 Å². The summed E-state index contributed by atoms with van der Waals surface area (Å²) in [7, 11) is 1.67. The molecule has 0 aliphatic carbocycles. The number of fused-ring (bicyclic) bond motifs is 1. The standard InChI is InChI=1S/C39H30ClF3N4O3/c1-47(23-24-10-4-2-5-11-24)38(50)34(26-12-6-3-7-13-26)46-37(49)35-33(40)31-22-28(20-21-32(31)45-35)44-36(48)30-15-9-8-14-29(30)25-16-18-27(19-17-25)39(41,42)43/h2-22,34,45H,23H2,1H3,(H,44,48)(H,46,49). The van der Waals surface area contributed by atoms with Crippen LogP contribution in [0.2, 0.25) is 5.02 Å². The lowest BCUT2D eigenvalue weighted by Gasteiger charge is -2.25.